The number of fused-ring (bicyclic) bond motifs is 5. The van der Waals surface area contributed by atoms with Gasteiger partial charge in [0.1, 0.15) is 34.7 Å². The number of pyridine rings is 7. The van der Waals surface area contributed by atoms with Gasteiger partial charge >= 0.3 is 0 Å². The van der Waals surface area contributed by atoms with Crippen molar-refractivity contribution in [3.8, 4) is 78.7 Å². The van der Waals surface area contributed by atoms with Crippen molar-refractivity contribution >= 4 is 95.2 Å². The van der Waals surface area contributed by atoms with Gasteiger partial charge in [0, 0.05) is 135 Å². The molecule has 12 aromatic carbocycles. The van der Waals surface area contributed by atoms with Crippen molar-refractivity contribution in [3.05, 3.63) is 446 Å². The number of aryl methyl sites for hydroxylation is 5. The molecule has 0 unspecified atom stereocenters. The van der Waals surface area contributed by atoms with Gasteiger partial charge in [-0.15, -0.1) is 226 Å². The fraction of sp³-hybridized carbons (Fsp3) is 0.146. The minimum atomic E-state index is -0.0625. The quantitative estimate of drug-likeness (QED) is 0.0696. The van der Waals surface area contributed by atoms with Gasteiger partial charge in [0.05, 0.1) is 35.8 Å². The van der Waals surface area contributed by atoms with Crippen LogP contribution in [0, 0.1) is 77.1 Å². The summed E-state index contributed by atoms with van der Waals surface area (Å²) in [4.78, 5) is 91.9. The van der Waals surface area contributed by atoms with Crippen LogP contribution in [0.1, 0.15) is 127 Å². The van der Waals surface area contributed by atoms with Gasteiger partial charge in [0.2, 0.25) is 0 Å². The van der Waals surface area contributed by atoms with Crippen molar-refractivity contribution < 1.29 is 129 Å². The first-order chi connectivity index (χ1) is 65.7. The van der Waals surface area contributed by atoms with Gasteiger partial charge in [-0.3, -0.25) is 49.8 Å². The number of carbonyl (C=O) groups excluding carboxylic acids is 6. The standard InChI is InChI=1S/C22H16N.C20H20N.C17H14N.C15H10N.C12H10N.2C11H8N.3C5H8O2.5Ir/c1-16-9-5-6-12-18(16)22-15-20(17-10-3-2-4-11-17)19-13-7-8-14-21(19)23-22;1-13(2)17-6-5-7-20-18(17)8-9-19(21-20)16-11-14(3)10-15(4)12-16;1-12-9-13(2)11-15(10-12)17-8-7-14-5-3-4-6-16(14)18-17;1-2-7-13(8-3-1)15-14-9-5-4-6-12(14)10-11-16-15;1-2-5-11-9-8-10-6-3-4-7-12(10)13-11;2*1-2-6-10(7-3-1)11-8-4-5-9-12-11;3*1-4(6)3-5(2)7;;;;;/h2-11,13-15H,1H3;5-11,13H,1-4H3;3-10H,1-2H3;1-7,9-11H;3-9H,1H3;2*1-6,8-9H;3*3H2,1-2H3;;;;;/q7*-1;;;;;;;;. The zero-order chi connectivity index (χ0) is 97.1. The minimum absolute atomic E-state index is 0. The van der Waals surface area contributed by atoms with Crippen molar-refractivity contribution in [2.24, 2.45) is 0 Å². The van der Waals surface area contributed by atoms with Crippen molar-refractivity contribution in [2.45, 2.75) is 122 Å². The molecule has 19 rings (SSSR count). The molecule has 0 saturated heterocycles. The fourth-order valence-corrected chi connectivity index (χ4v) is 14.5. The first-order valence-corrected chi connectivity index (χ1v) is 44.9. The number of Topliss-reactive ketones (excluding diaryl/α,β-unsaturated/α-hetero) is 6. The van der Waals surface area contributed by atoms with Crippen LogP contribution in [-0.2, 0) is 129 Å². The average Bonchev–Trinajstić information content (AvgIpc) is 0.909. The monoisotopic (exact) mass is 2750 g/mol. The number of rotatable bonds is 15. The van der Waals surface area contributed by atoms with E-state index >= 15 is 0 Å². The van der Waals surface area contributed by atoms with E-state index in [-0.39, 0.29) is 154 Å². The molecule has 7 aromatic heterocycles. The summed E-state index contributed by atoms with van der Waals surface area (Å²) in [5, 5.41) is 7.16. The van der Waals surface area contributed by atoms with Gasteiger partial charge in [-0.05, 0) is 162 Å². The summed E-state index contributed by atoms with van der Waals surface area (Å²) < 4.78 is 0. The Morgan fingerprint density at radius 3 is 1.21 bits per heavy atom. The summed E-state index contributed by atoms with van der Waals surface area (Å²) in [5.74, 6) is 0.133. The number of ketones is 6. The molecule has 0 aliphatic rings. The van der Waals surface area contributed by atoms with E-state index in [0.29, 0.717) is 5.92 Å². The van der Waals surface area contributed by atoms with Crippen LogP contribution < -0.4 is 0 Å². The number of benzene rings is 12. The molecule has 0 N–H and O–H groups in total. The number of para-hydroxylation sites is 3. The summed E-state index contributed by atoms with van der Waals surface area (Å²) >= 11 is 0. The van der Waals surface area contributed by atoms with Crippen LogP contribution in [0.5, 0.6) is 0 Å². The first kappa shape index (κ1) is 118. The van der Waals surface area contributed by atoms with E-state index in [1.165, 1.54) is 107 Å². The van der Waals surface area contributed by atoms with Crippen molar-refractivity contribution in [1.82, 2.24) is 34.9 Å². The Kier molecular flexibility index (Phi) is 52.9. The molecule has 0 bridgehead atoms. The van der Waals surface area contributed by atoms with Gasteiger partial charge in [-0.1, -0.05) is 236 Å². The molecule has 141 heavy (non-hydrogen) atoms. The zero-order valence-electron chi connectivity index (χ0n) is 81.2. The van der Waals surface area contributed by atoms with Crippen LogP contribution in [0.2, 0.25) is 0 Å². The van der Waals surface area contributed by atoms with Gasteiger partial charge in [-0.2, -0.15) is 0 Å². The molecule has 0 saturated carbocycles. The molecule has 0 spiro atoms. The van der Waals surface area contributed by atoms with Gasteiger partial charge in [-0.25, -0.2) is 6.08 Å². The predicted octanol–water partition coefficient (Wildman–Crippen LogP) is 29.0. The Labute approximate surface area is 897 Å². The van der Waals surface area contributed by atoms with E-state index < -0.39 is 0 Å². The van der Waals surface area contributed by atoms with Crippen LogP contribution in [-0.4, -0.2) is 69.6 Å². The zero-order valence-corrected chi connectivity index (χ0v) is 93.1. The van der Waals surface area contributed by atoms with E-state index in [9.17, 15) is 28.8 Å². The smallest absolute Gasteiger partial charge is 0.137 e. The number of aromatic nitrogens is 7. The number of hydrogen-bond acceptors (Lipinski definition) is 13. The largest absolute Gasteiger partial charge is 0.344 e. The second-order valence-corrected chi connectivity index (χ2v) is 32.6. The molecule has 0 atom stereocenters. The summed E-state index contributed by atoms with van der Waals surface area (Å²) in [6.07, 6.45) is 10.5. The maximum Gasteiger partial charge on any atom is 0.137 e. The van der Waals surface area contributed by atoms with E-state index in [4.69, 9.17) is 15.0 Å². The summed E-state index contributed by atoms with van der Waals surface area (Å²) in [5.41, 5.74) is 27.1. The van der Waals surface area contributed by atoms with E-state index in [1.807, 2.05) is 213 Å². The fourth-order valence-electron chi connectivity index (χ4n) is 14.5. The molecular formula is C123H110Ir5N7O6-7. The molecule has 0 aliphatic heterocycles. The molecule has 0 amide bonds. The molecule has 19 aromatic rings. The Morgan fingerprint density at radius 1 is 0.319 bits per heavy atom. The summed E-state index contributed by atoms with van der Waals surface area (Å²) in [6.45, 7) is 25.2. The van der Waals surface area contributed by atoms with Crippen LogP contribution >= 0.6 is 0 Å². The maximum absolute atomic E-state index is 10.0. The number of allylic oxidation sites excluding steroid dienone is 1. The number of nitrogens with zero attached hydrogens (tertiary/aromatic N) is 7. The van der Waals surface area contributed by atoms with Crippen molar-refractivity contribution in [3.63, 3.8) is 0 Å². The second kappa shape index (κ2) is 62.9. The molecule has 5 radical (unpaired) electrons. The molecule has 0 fully saturated rings. The number of hydrogen-bond donors (Lipinski definition) is 0. The van der Waals surface area contributed by atoms with Crippen molar-refractivity contribution in [1.29, 1.82) is 0 Å². The topological polar surface area (TPSA) is 193 Å². The molecule has 13 nitrogen and oxygen atoms in total. The normalized spacial score (nSPS) is 9.92. The molecule has 18 heteroatoms. The average molecular weight is 2740 g/mol. The first-order valence-electron chi connectivity index (χ1n) is 44.9. The third-order valence-corrected chi connectivity index (χ3v) is 20.3. The Bertz CT molecular complexity index is 6910. The SMILES string of the molecule is CC(=O)CC(C)=O.CC(=O)CC(C)=O.CC(=O)CC(C)=O.C[C-]=Cc1ccc2ccccc2n1.Cc1[c-]c(-c2ccc3c(C(C)C)cccc3n2)cc(C)c1.Cc1[c-]c(-c2ccc3ccccc3n2)cc(C)c1.Cc1ccc[c-]c1-c1cc(-c2ccccc2)c2ccccc2n1.[Ir].[Ir].[Ir].[Ir].[Ir].[c-]1ccccc1-c1ccccn1.[c-]1ccccc1-c1ccccn1.[c-]1ccccc1-c1nccc2ccccc12. The van der Waals surface area contributed by atoms with Crippen LogP contribution in [0.4, 0.5) is 0 Å². The summed E-state index contributed by atoms with van der Waals surface area (Å²) in [7, 11) is 0. The van der Waals surface area contributed by atoms with E-state index in [0.717, 1.165) is 106 Å². The molecule has 7 heterocycles. The van der Waals surface area contributed by atoms with Gasteiger partial charge < -0.3 is 19.9 Å². The van der Waals surface area contributed by atoms with Crippen LogP contribution in [0.25, 0.3) is 139 Å². The van der Waals surface area contributed by atoms with Crippen molar-refractivity contribution in [2.75, 3.05) is 0 Å². The Hall–Kier alpha value is -13.0. The Balaban J connectivity index is 0.000000281. The molecule has 725 valence electrons. The van der Waals surface area contributed by atoms with E-state index in [2.05, 4.69) is 263 Å². The van der Waals surface area contributed by atoms with Crippen LogP contribution in [0.3, 0.4) is 0 Å². The third-order valence-electron chi connectivity index (χ3n) is 20.3. The predicted molar refractivity (Wildman–Crippen MR) is 557 cm³/mol. The minimum Gasteiger partial charge on any atom is -0.344 e. The van der Waals surface area contributed by atoms with Gasteiger partial charge in [0.15, 0.2) is 0 Å². The Morgan fingerprint density at radius 2 is 0.738 bits per heavy atom. The molecule has 0 aliphatic carbocycles. The second-order valence-electron chi connectivity index (χ2n) is 32.6. The van der Waals surface area contributed by atoms with E-state index in [1.54, 1.807) is 12.4 Å². The summed E-state index contributed by atoms with van der Waals surface area (Å²) in [6, 6.07) is 136. The van der Waals surface area contributed by atoms with Gasteiger partial charge in [0.25, 0.3) is 0 Å². The van der Waals surface area contributed by atoms with Crippen LogP contribution in [0.15, 0.2) is 364 Å². The maximum atomic E-state index is 10.0. The number of carbonyl (C=O) groups is 6. The third kappa shape index (κ3) is 39.5. The molecular weight excluding hydrogens is 2630 g/mol.